The van der Waals surface area contributed by atoms with Crippen LogP contribution in [-0.2, 0) is 11.3 Å². The van der Waals surface area contributed by atoms with Gasteiger partial charge in [-0.1, -0.05) is 12.1 Å². The zero-order valence-corrected chi connectivity index (χ0v) is 11.6. The van der Waals surface area contributed by atoms with Crippen LogP contribution in [-0.4, -0.2) is 25.3 Å². The first-order valence-corrected chi connectivity index (χ1v) is 7.12. The van der Waals surface area contributed by atoms with E-state index in [2.05, 4.69) is 17.6 Å². The largest absolute Gasteiger partial charge is 0.454 e. The summed E-state index contributed by atoms with van der Waals surface area (Å²) in [6, 6.07) is 6.17. The van der Waals surface area contributed by atoms with Crippen LogP contribution in [0.15, 0.2) is 18.2 Å². The van der Waals surface area contributed by atoms with Gasteiger partial charge in [0.2, 0.25) is 12.7 Å². The van der Waals surface area contributed by atoms with E-state index in [-0.39, 0.29) is 18.6 Å². The molecule has 5 heteroatoms. The van der Waals surface area contributed by atoms with E-state index in [1.54, 1.807) is 0 Å². The van der Waals surface area contributed by atoms with Gasteiger partial charge in [-0.25, -0.2) is 0 Å². The third-order valence-corrected chi connectivity index (χ3v) is 3.93. The molecule has 3 rings (SSSR count). The van der Waals surface area contributed by atoms with Crippen LogP contribution in [0.5, 0.6) is 11.5 Å². The molecular formula is C15H20N2O3. The van der Waals surface area contributed by atoms with E-state index in [1.807, 2.05) is 18.2 Å². The standard InChI is InChI=1S/C15H20N2O3/c1-10-7-11(5-6-16-10)15(18)17-8-12-3-2-4-13-14(12)20-9-19-13/h2-4,10-11,16H,5-9H2,1H3,(H,17,18). The summed E-state index contributed by atoms with van der Waals surface area (Å²) in [5, 5.41) is 6.37. The van der Waals surface area contributed by atoms with Crippen LogP contribution in [0.2, 0.25) is 0 Å². The molecule has 1 amide bonds. The van der Waals surface area contributed by atoms with E-state index in [0.29, 0.717) is 12.6 Å². The number of carbonyl (C=O) groups excluding carboxylic acids is 1. The topological polar surface area (TPSA) is 59.6 Å². The van der Waals surface area contributed by atoms with Crippen LogP contribution >= 0.6 is 0 Å². The number of fused-ring (bicyclic) bond motifs is 1. The summed E-state index contributed by atoms with van der Waals surface area (Å²) in [5.74, 6) is 1.76. The average Bonchev–Trinajstić information content (AvgIpc) is 2.93. The fraction of sp³-hybridized carbons (Fsp3) is 0.533. The molecule has 0 spiro atoms. The van der Waals surface area contributed by atoms with Gasteiger partial charge in [0.15, 0.2) is 11.5 Å². The van der Waals surface area contributed by atoms with Gasteiger partial charge in [-0.15, -0.1) is 0 Å². The van der Waals surface area contributed by atoms with Gasteiger partial charge in [-0.2, -0.15) is 0 Å². The molecule has 108 valence electrons. The summed E-state index contributed by atoms with van der Waals surface area (Å²) in [6.45, 7) is 3.78. The molecule has 2 aliphatic rings. The second kappa shape index (κ2) is 5.71. The Balaban J connectivity index is 1.59. The molecule has 0 saturated carbocycles. The number of nitrogens with one attached hydrogen (secondary N) is 2. The highest BCUT2D eigenvalue weighted by atomic mass is 16.7. The van der Waals surface area contributed by atoms with Crippen molar-refractivity contribution in [2.75, 3.05) is 13.3 Å². The lowest BCUT2D eigenvalue weighted by molar-refractivity contribution is -0.126. The van der Waals surface area contributed by atoms with Crippen molar-refractivity contribution in [1.82, 2.24) is 10.6 Å². The van der Waals surface area contributed by atoms with Gasteiger partial charge >= 0.3 is 0 Å². The molecule has 2 aliphatic heterocycles. The molecule has 2 heterocycles. The minimum Gasteiger partial charge on any atom is -0.454 e. The predicted molar refractivity (Wildman–Crippen MR) is 74.6 cm³/mol. The van der Waals surface area contributed by atoms with Crippen LogP contribution in [0, 0.1) is 5.92 Å². The molecule has 1 aromatic carbocycles. The monoisotopic (exact) mass is 276 g/mol. The molecule has 0 aromatic heterocycles. The number of ether oxygens (including phenoxy) is 2. The fourth-order valence-electron chi connectivity index (χ4n) is 2.83. The first-order chi connectivity index (χ1) is 9.74. The fourth-order valence-corrected chi connectivity index (χ4v) is 2.83. The summed E-state index contributed by atoms with van der Waals surface area (Å²) >= 11 is 0. The maximum atomic E-state index is 12.2. The average molecular weight is 276 g/mol. The maximum absolute atomic E-state index is 12.2. The van der Waals surface area contributed by atoms with Gasteiger partial charge in [-0.05, 0) is 32.4 Å². The zero-order valence-electron chi connectivity index (χ0n) is 11.6. The highest BCUT2D eigenvalue weighted by Crippen LogP contribution is 2.35. The Morgan fingerprint density at radius 2 is 2.35 bits per heavy atom. The molecule has 0 radical (unpaired) electrons. The lowest BCUT2D eigenvalue weighted by Crippen LogP contribution is -2.42. The molecular weight excluding hydrogens is 256 g/mol. The number of piperidine rings is 1. The Labute approximate surface area is 118 Å². The van der Waals surface area contributed by atoms with Gasteiger partial charge in [-0.3, -0.25) is 4.79 Å². The maximum Gasteiger partial charge on any atom is 0.231 e. The van der Waals surface area contributed by atoms with Crippen LogP contribution in [0.25, 0.3) is 0 Å². The Morgan fingerprint density at radius 1 is 1.45 bits per heavy atom. The number of hydrogen-bond acceptors (Lipinski definition) is 4. The molecule has 1 fully saturated rings. The molecule has 0 bridgehead atoms. The number of amides is 1. The van der Waals surface area contributed by atoms with Gasteiger partial charge < -0.3 is 20.1 Å². The van der Waals surface area contributed by atoms with Crippen molar-refractivity contribution in [3.05, 3.63) is 23.8 Å². The van der Waals surface area contributed by atoms with Gasteiger partial charge in [0.1, 0.15) is 0 Å². The highest BCUT2D eigenvalue weighted by Gasteiger charge is 2.25. The van der Waals surface area contributed by atoms with E-state index in [9.17, 15) is 4.79 Å². The lowest BCUT2D eigenvalue weighted by atomic mass is 9.92. The van der Waals surface area contributed by atoms with E-state index in [1.165, 1.54) is 0 Å². The second-order valence-electron chi connectivity index (χ2n) is 5.45. The lowest BCUT2D eigenvalue weighted by Gasteiger charge is -2.27. The smallest absolute Gasteiger partial charge is 0.231 e. The van der Waals surface area contributed by atoms with Crippen LogP contribution < -0.4 is 20.1 Å². The summed E-state index contributed by atoms with van der Waals surface area (Å²) in [7, 11) is 0. The summed E-state index contributed by atoms with van der Waals surface area (Å²) in [4.78, 5) is 12.2. The van der Waals surface area contributed by atoms with E-state index in [4.69, 9.17) is 9.47 Å². The van der Waals surface area contributed by atoms with Crippen molar-refractivity contribution in [1.29, 1.82) is 0 Å². The van der Waals surface area contributed by atoms with Crippen LogP contribution in [0.4, 0.5) is 0 Å². The summed E-state index contributed by atoms with van der Waals surface area (Å²) in [6.07, 6.45) is 1.81. The van der Waals surface area contributed by atoms with Crippen molar-refractivity contribution in [2.24, 2.45) is 5.92 Å². The first kappa shape index (κ1) is 13.2. The molecule has 1 aromatic rings. The van der Waals surface area contributed by atoms with Crippen LogP contribution in [0.3, 0.4) is 0 Å². The van der Waals surface area contributed by atoms with Gasteiger partial charge in [0.25, 0.3) is 0 Å². The zero-order chi connectivity index (χ0) is 13.9. The van der Waals surface area contributed by atoms with Gasteiger partial charge in [0, 0.05) is 24.1 Å². The first-order valence-electron chi connectivity index (χ1n) is 7.12. The SMILES string of the molecule is CC1CC(C(=O)NCc2cccc3c2OCO3)CCN1. The molecule has 2 N–H and O–H groups in total. The number of para-hydroxylation sites is 1. The minimum absolute atomic E-state index is 0.111. The van der Waals surface area contributed by atoms with Crippen molar-refractivity contribution in [2.45, 2.75) is 32.4 Å². The van der Waals surface area contributed by atoms with Crippen molar-refractivity contribution < 1.29 is 14.3 Å². The number of rotatable bonds is 3. The molecule has 20 heavy (non-hydrogen) atoms. The third-order valence-electron chi connectivity index (χ3n) is 3.93. The number of carbonyl (C=O) groups is 1. The Kier molecular flexibility index (Phi) is 3.78. The van der Waals surface area contributed by atoms with Crippen molar-refractivity contribution in [3.63, 3.8) is 0 Å². The summed E-state index contributed by atoms with van der Waals surface area (Å²) in [5.41, 5.74) is 0.968. The Bertz CT molecular complexity index is 504. The van der Waals surface area contributed by atoms with Crippen LogP contribution in [0.1, 0.15) is 25.3 Å². The molecule has 5 nitrogen and oxygen atoms in total. The molecule has 2 atom stereocenters. The highest BCUT2D eigenvalue weighted by molar-refractivity contribution is 5.78. The van der Waals surface area contributed by atoms with E-state index < -0.39 is 0 Å². The summed E-state index contributed by atoms with van der Waals surface area (Å²) < 4.78 is 10.8. The normalized spacial score (nSPS) is 24.4. The van der Waals surface area contributed by atoms with E-state index >= 15 is 0 Å². The second-order valence-corrected chi connectivity index (χ2v) is 5.45. The number of hydrogen-bond donors (Lipinski definition) is 2. The van der Waals surface area contributed by atoms with Gasteiger partial charge in [0.05, 0.1) is 0 Å². The quantitative estimate of drug-likeness (QED) is 0.876. The Morgan fingerprint density at radius 3 is 3.20 bits per heavy atom. The molecule has 0 aliphatic carbocycles. The predicted octanol–water partition coefficient (Wildman–Crippen LogP) is 1.42. The minimum atomic E-state index is 0.111. The molecule has 2 unspecified atom stereocenters. The third kappa shape index (κ3) is 2.72. The van der Waals surface area contributed by atoms with Crippen molar-refractivity contribution >= 4 is 5.91 Å². The molecule has 1 saturated heterocycles. The van der Waals surface area contributed by atoms with Crippen molar-refractivity contribution in [3.8, 4) is 11.5 Å². The number of benzene rings is 1. The van der Waals surface area contributed by atoms with E-state index in [0.717, 1.165) is 36.4 Å². The Hall–Kier alpha value is -1.75.